The number of esters is 1. The van der Waals surface area contributed by atoms with E-state index in [9.17, 15) is 19.8 Å². The summed E-state index contributed by atoms with van der Waals surface area (Å²) in [5, 5.41) is 23.6. The van der Waals surface area contributed by atoms with Crippen molar-refractivity contribution < 1.29 is 29.3 Å². The molecule has 2 aliphatic carbocycles. The van der Waals surface area contributed by atoms with Crippen molar-refractivity contribution in [2.45, 2.75) is 68.1 Å². The number of methoxy groups -OCH3 is 1. The number of likely N-dealkylation sites (N-methyl/N-ethyl adjacent to an activating group) is 1. The first-order valence-corrected chi connectivity index (χ1v) is 15.7. The molecule has 2 N–H and O–H groups in total. The van der Waals surface area contributed by atoms with E-state index in [2.05, 4.69) is 17.0 Å². The molecular weight excluding hydrogens is 568 g/mol. The molecule has 1 fully saturated rings. The highest BCUT2D eigenvalue weighted by molar-refractivity contribution is 6.30. The van der Waals surface area contributed by atoms with Crippen LogP contribution in [0.5, 0.6) is 0 Å². The second-order valence-electron chi connectivity index (χ2n) is 12.9. The molecule has 6 rings (SSSR count). The van der Waals surface area contributed by atoms with Crippen molar-refractivity contribution in [1.82, 2.24) is 9.80 Å². The molecule has 1 aromatic rings. The molecule has 1 spiro atoms. The zero-order chi connectivity index (χ0) is 30.4. The predicted octanol–water partition coefficient (Wildman–Crippen LogP) is 4.05. The number of rotatable bonds is 1. The number of ether oxygens (including phenoxy) is 2. The third-order valence-electron chi connectivity index (χ3n) is 10.4. The van der Waals surface area contributed by atoms with Gasteiger partial charge in [0.05, 0.1) is 38.5 Å². The Morgan fingerprint density at radius 2 is 2.09 bits per heavy atom. The fraction of sp³-hybridized carbons (Fsp3) is 0.529. The number of carbonyl (C=O) groups is 2. The van der Waals surface area contributed by atoms with Crippen LogP contribution in [0.1, 0.15) is 49.7 Å². The Hall–Kier alpha value is -3.07. The molecule has 43 heavy (non-hydrogen) atoms. The summed E-state index contributed by atoms with van der Waals surface area (Å²) in [4.78, 5) is 30.8. The standard InChI is InChI=1S/C34H41ClN2O6/c1-36-28-8-3-9-30(38)26-12-10-23(26)19-37-20-33(14-4-6-22-16-25(35)11-13-27(22)33)21-43-15-5-7-24(17-29(28)37)34(41,18-31(36)39)32(40)42-2/h3,5,7,9,11,13,15-17,23,26,28,30,38,41H,4,6,8,10,12,14,18-21H2,1-2H3/b9-3+,15-5?,24-7?,29-17?/t23-,26+,28?,30+,33-,34-/m0/s1. The molecule has 1 unspecified atom stereocenters. The van der Waals surface area contributed by atoms with Gasteiger partial charge in [-0.3, -0.25) is 4.79 Å². The maximum atomic E-state index is 13.7. The van der Waals surface area contributed by atoms with Gasteiger partial charge in [-0.2, -0.15) is 0 Å². The van der Waals surface area contributed by atoms with Crippen molar-refractivity contribution in [3.63, 3.8) is 0 Å². The van der Waals surface area contributed by atoms with E-state index in [4.69, 9.17) is 21.1 Å². The first-order valence-electron chi connectivity index (χ1n) is 15.3. The van der Waals surface area contributed by atoms with Crippen molar-refractivity contribution in [1.29, 1.82) is 0 Å². The lowest BCUT2D eigenvalue weighted by Crippen LogP contribution is -2.55. The van der Waals surface area contributed by atoms with Gasteiger partial charge in [-0.25, -0.2) is 4.79 Å². The van der Waals surface area contributed by atoms with Crippen LogP contribution in [-0.2, 0) is 30.9 Å². The van der Waals surface area contributed by atoms with Crippen molar-refractivity contribution in [2.24, 2.45) is 11.8 Å². The molecule has 0 saturated heterocycles. The van der Waals surface area contributed by atoms with Crippen LogP contribution in [0.4, 0.5) is 0 Å². The van der Waals surface area contributed by atoms with Gasteiger partial charge < -0.3 is 29.5 Å². The van der Waals surface area contributed by atoms with Crippen LogP contribution >= 0.6 is 11.6 Å². The number of aliphatic hydroxyl groups is 2. The normalized spacial score (nSPS) is 35.0. The van der Waals surface area contributed by atoms with Crippen molar-refractivity contribution in [2.75, 3.05) is 33.9 Å². The fourth-order valence-corrected chi connectivity index (χ4v) is 7.99. The summed E-state index contributed by atoms with van der Waals surface area (Å²) in [5.41, 5.74) is 1.02. The summed E-state index contributed by atoms with van der Waals surface area (Å²) in [6.45, 7) is 1.71. The number of aliphatic hydroxyl groups excluding tert-OH is 1. The Balaban J connectivity index is 1.57. The number of carbonyl (C=O) groups excluding carboxylic acids is 2. The summed E-state index contributed by atoms with van der Waals surface area (Å²) < 4.78 is 11.3. The molecular formula is C34H41ClN2O6. The van der Waals surface area contributed by atoms with Crippen LogP contribution in [0, 0.1) is 11.8 Å². The Bertz CT molecular complexity index is 1400. The molecule has 9 heteroatoms. The third kappa shape index (κ3) is 5.42. The number of nitrogens with zero attached hydrogens (tertiary/aromatic N) is 2. The van der Waals surface area contributed by atoms with Crippen molar-refractivity contribution in [3.8, 4) is 0 Å². The van der Waals surface area contributed by atoms with Gasteiger partial charge in [0, 0.05) is 36.3 Å². The van der Waals surface area contributed by atoms with E-state index in [0.29, 0.717) is 31.1 Å². The maximum absolute atomic E-state index is 13.7. The van der Waals surface area contributed by atoms with Gasteiger partial charge >= 0.3 is 5.97 Å². The highest BCUT2D eigenvalue weighted by atomic mass is 35.5. The largest absolute Gasteiger partial charge is 0.500 e. The van der Waals surface area contributed by atoms with Crippen molar-refractivity contribution in [3.05, 3.63) is 82.3 Å². The molecule has 3 aliphatic heterocycles. The second-order valence-corrected chi connectivity index (χ2v) is 13.3. The fourth-order valence-electron chi connectivity index (χ4n) is 7.79. The quantitative estimate of drug-likeness (QED) is 0.367. The van der Waals surface area contributed by atoms with Gasteiger partial charge in [0.1, 0.15) is 0 Å². The third-order valence-corrected chi connectivity index (χ3v) is 10.6. The van der Waals surface area contributed by atoms with Gasteiger partial charge in [0.2, 0.25) is 5.91 Å². The number of benzene rings is 1. The summed E-state index contributed by atoms with van der Waals surface area (Å²) in [5.74, 6) is -0.868. The van der Waals surface area contributed by atoms with E-state index < -0.39 is 24.1 Å². The van der Waals surface area contributed by atoms with Gasteiger partial charge in [0.25, 0.3) is 0 Å². The minimum Gasteiger partial charge on any atom is -0.500 e. The van der Waals surface area contributed by atoms with Crippen LogP contribution < -0.4 is 0 Å². The molecule has 1 saturated carbocycles. The molecule has 230 valence electrons. The molecule has 6 atom stereocenters. The van der Waals surface area contributed by atoms with E-state index in [-0.39, 0.29) is 34.8 Å². The van der Waals surface area contributed by atoms with E-state index in [1.807, 2.05) is 24.3 Å². The molecule has 8 nitrogen and oxygen atoms in total. The Morgan fingerprint density at radius 3 is 2.86 bits per heavy atom. The van der Waals surface area contributed by atoms with Gasteiger partial charge in [-0.05, 0) is 91.3 Å². The number of amides is 1. The SMILES string of the molecule is COC(=O)[C@]1(O)CC(=O)N(C)C2C/C=C/[C@@H](O)[C@@H]3CC[C@H]3CN3C[C@@]4(CCCc5cc(Cl)ccc54)COC=CC=C1C=C23. The monoisotopic (exact) mass is 608 g/mol. The molecule has 0 aromatic heterocycles. The number of aryl methyl sites for hydroxylation is 1. The molecule has 5 aliphatic rings. The van der Waals surface area contributed by atoms with Crippen LogP contribution in [0.3, 0.4) is 0 Å². The summed E-state index contributed by atoms with van der Waals surface area (Å²) in [6, 6.07) is 5.75. The summed E-state index contributed by atoms with van der Waals surface area (Å²) >= 11 is 6.44. The van der Waals surface area contributed by atoms with Crippen molar-refractivity contribution >= 4 is 23.5 Å². The lowest BCUT2D eigenvalue weighted by atomic mass is 9.68. The Kier molecular flexibility index (Phi) is 8.22. The van der Waals surface area contributed by atoms with E-state index in [1.54, 1.807) is 30.4 Å². The maximum Gasteiger partial charge on any atom is 0.343 e. The molecule has 0 radical (unpaired) electrons. The molecule has 2 bridgehead atoms. The number of fused-ring (bicyclic) bond motifs is 4. The second kappa shape index (κ2) is 11.8. The lowest BCUT2D eigenvalue weighted by molar-refractivity contribution is -0.162. The highest BCUT2D eigenvalue weighted by Gasteiger charge is 2.48. The predicted molar refractivity (Wildman–Crippen MR) is 163 cm³/mol. The van der Waals surface area contributed by atoms with Crippen LogP contribution in [0.25, 0.3) is 0 Å². The Morgan fingerprint density at radius 1 is 1.26 bits per heavy atom. The Labute approximate surface area is 258 Å². The average molecular weight is 609 g/mol. The number of hydrogen-bond acceptors (Lipinski definition) is 7. The zero-order valence-corrected chi connectivity index (χ0v) is 25.6. The number of halogens is 1. The smallest absolute Gasteiger partial charge is 0.343 e. The van der Waals surface area contributed by atoms with Gasteiger partial charge in [-0.15, -0.1) is 0 Å². The molecule has 1 amide bonds. The lowest BCUT2D eigenvalue weighted by Gasteiger charge is -2.50. The average Bonchev–Trinajstić information content (AvgIpc) is 3.00. The van der Waals surface area contributed by atoms with Gasteiger partial charge in [0.15, 0.2) is 5.60 Å². The minimum atomic E-state index is -2.17. The molecule has 3 heterocycles. The highest BCUT2D eigenvalue weighted by Crippen LogP contribution is 2.45. The summed E-state index contributed by atoms with van der Waals surface area (Å²) in [7, 11) is 2.94. The van der Waals surface area contributed by atoms with E-state index >= 15 is 0 Å². The summed E-state index contributed by atoms with van der Waals surface area (Å²) in [6.07, 6.45) is 14.9. The first kappa shape index (κ1) is 30.0. The topological polar surface area (TPSA) is 99.5 Å². The number of hydrogen-bond donors (Lipinski definition) is 2. The van der Waals surface area contributed by atoms with E-state index in [1.165, 1.54) is 18.2 Å². The van der Waals surface area contributed by atoms with Crippen LogP contribution in [0.15, 0.2) is 66.1 Å². The van der Waals surface area contributed by atoms with Crippen LogP contribution in [0.2, 0.25) is 5.02 Å². The minimum absolute atomic E-state index is 0.146. The van der Waals surface area contributed by atoms with Crippen LogP contribution in [-0.4, -0.2) is 83.5 Å². The number of allylic oxidation sites excluding steroid dienone is 2. The van der Waals surface area contributed by atoms with Gasteiger partial charge in [-0.1, -0.05) is 35.9 Å². The van der Waals surface area contributed by atoms with E-state index in [0.717, 1.165) is 37.8 Å². The zero-order valence-electron chi connectivity index (χ0n) is 24.9. The first-order chi connectivity index (χ1) is 20.6. The molecule has 1 aromatic carbocycles.